The Bertz CT molecular complexity index is 503. The van der Waals surface area contributed by atoms with Crippen LogP contribution in [0.3, 0.4) is 0 Å². The second-order valence-electron chi connectivity index (χ2n) is 3.28. The predicted molar refractivity (Wildman–Crippen MR) is 50.9 cm³/mol. The van der Waals surface area contributed by atoms with E-state index in [0.717, 1.165) is 0 Å². The number of ether oxygens (including phenoxy) is 1. The van der Waals surface area contributed by atoms with Crippen LogP contribution in [0.15, 0.2) is 18.2 Å². The van der Waals surface area contributed by atoms with E-state index < -0.39 is 35.2 Å². The van der Waals surface area contributed by atoms with Crippen LogP contribution in [0.25, 0.3) is 0 Å². The van der Waals surface area contributed by atoms with Crippen LogP contribution in [-0.4, -0.2) is 5.97 Å². The summed E-state index contributed by atoms with van der Waals surface area (Å²) in [6, 6.07) is 0.419. The fourth-order valence-electron chi connectivity index (χ4n) is 1.12. The first-order valence-corrected chi connectivity index (χ1v) is 4.52. The number of benzene rings is 1. The quantitative estimate of drug-likeness (QED) is 0.260. The van der Waals surface area contributed by atoms with E-state index in [1.165, 1.54) is 5.92 Å². The maximum Gasteiger partial charge on any atom is 0.416 e. The molecule has 0 bridgehead atoms. The van der Waals surface area contributed by atoms with E-state index in [0.29, 0.717) is 0 Å². The van der Waals surface area contributed by atoms with Gasteiger partial charge in [-0.15, -0.1) is 6.42 Å². The molecule has 0 heterocycles. The number of alkyl halides is 6. The fraction of sp³-hybridized carbons (Fsp3) is 0.182. The minimum absolute atomic E-state index is 0.0901. The summed E-state index contributed by atoms with van der Waals surface area (Å²) in [5, 5.41) is 0. The summed E-state index contributed by atoms with van der Waals surface area (Å²) >= 11 is 0. The summed E-state index contributed by atoms with van der Waals surface area (Å²) in [5.74, 6) is -0.916. The van der Waals surface area contributed by atoms with Crippen LogP contribution in [0, 0.1) is 12.3 Å². The van der Waals surface area contributed by atoms with Gasteiger partial charge in [0.2, 0.25) is 0 Å². The predicted octanol–water partition coefficient (Wildman–Crippen LogP) is 3.26. The van der Waals surface area contributed by atoms with E-state index in [1.54, 1.807) is 0 Å². The maximum absolute atomic E-state index is 12.4. The zero-order valence-corrected chi connectivity index (χ0v) is 8.89. The Morgan fingerprint density at radius 1 is 1.00 bits per heavy atom. The third-order valence-electron chi connectivity index (χ3n) is 1.89. The Kier molecular flexibility index (Phi) is 3.79. The standard InChI is InChI=1S/C11H4F6O2/c1-2-9(18)19-8-4-6(10(12,13)14)3-7(5-8)11(15,16)17/h1,3-5H. The van der Waals surface area contributed by atoms with Crippen molar-refractivity contribution in [3.8, 4) is 18.1 Å². The molecule has 0 amide bonds. The van der Waals surface area contributed by atoms with Crippen molar-refractivity contribution in [3.05, 3.63) is 29.3 Å². The van der Waals surface area contributed by atoms with Gasteiger partial charge in [0.15, 0.2) is 0 Å². The van der Waals surface area contributed by atoms with Gasteiger partial charge in [0, 0.05) is 5.92 Å². The number of esters is 1. The number of carbonyl (C=O) groups excluding carboxylic acids is 1. The average Bonchev–Trinajstić information content (AvgIpc) is 2.26. The average molecular weight is 282 g/mol. The van der Waals surface area contributed by atoms with Crippen LogP contribution in [0.4, 0.5) is 26.3 Å². The Morgan fingerprint density at radius 2 is 1.42 bits per heavy atom. The van der Waals surface area contributed by atoms with Crippen molar-refractivity contribution in [1.29, 1.82) is 0 Å². The Balaban J connectivity index is 3.34. The summed E-state index contributed by atoms with van der Waals surface area (Å²) < 4.78 is 78.6. The highest BCUT2D eigenvalue weighted by Crippen LogP contribution is 2.38. The van der Waals surface area contributed by atoms with Crippen LogP contribution in [0.1, 0.15) is 11.1 Å². The first kappa shape index (κ1) is 14.9. The van der Waals surface area contributed by atoms with Crippen molar-refractivity contribution in [2.75, 3.05) is 0 Å². The Morgan fingerprint density at radius 3 is 1.74 bits per heavy atom. The molecule has 0 radical (unpaired) electrons. The van der Waals surface area contributed by atoms with Crippen molar-refractivity contribution in [2.45, 2.75) is 12.4 Å². The lowest BCUT2D eigenvalue weighted by molar-refractivity contribution is -0.144. The molecule has 102 valence electrons. The van der Waals surface area contributed by atoms with Gasteiger partial charge in [-0.05, 0) is 18.2 Å². The summed E-state index contributed by atoms with van der Waals surface area (Å²) in [4.78, 5) is 10.7. The van der Waals surface area contributed by atoms with E-state index >= 15 is 0 Å². The zero-order valence-electron chi connectivity index (χ0n) is 8.89. The minimum Gasteiger partial charge on any atom is -0.417 e. The molecule has 8 heteroatoms. The molecular weight excluding hydrogens is 278 g/mol. The van der Waals surface area contributed by atoms with Crippen molar-refractivity contribution in [1.82, 2.24) is 0 Å². The lowest BCUT2D eigenvalue weighted by Gasteiger charge is -2.13. The molecule has 0 atom stereocenters. The van der Waals surface area contributed by atoms with Crippen LogP contribution in [0.5, 0.6) is 5.75 Å². The second kappa shape index (κ2) is 4.84. The largest absolute Gasteiger partial charge is 0.417 e. The van der Waals surface area contributed by atoms with E-state index in [-0.39, 0.29) is 18.2 Å². The molecule has 2 nitrogen and oxygen atoms in total. The maximum atomic E-state index is 12.4. The molecule has 1 aromatic rings. The molecule has 0 unspecified atom stereocenters. The van der Waals surface area contributed by atoms with Gasteiger partial charge < -0.3 is 4.74 Å². The summed E-state index contributed by atoms with van der Waals surface area (Å²) in [7, 11) is 0. The third-order valence-corrected chi connectivity index (χ3v) is 1.89. The number of terminal acetylenes is 1. The lowest BCUT2D eigenvalue weighted by atomic mass is 10.1. The van der Waals surface area contributed by atoms with Gasteiger partial charge in [0.25, 0.3) is 0 Å². The normalized spacial score (nSPS) is 11.8. The Hall–Kier alpha value is -2.17. The molecule has 1 aromatic carbocycles. The molecule has 1 rings (SSSR count). The first-order chi connectivity index (χ1) is 8.54. The molecule has 0 aliphatic carbocycles. The van der Waals surface area contributed by atoms with E-state index in [1.807, 2.05) is 0 Å². The molecule has 0 saturated carbocycles. The van der Waals surface area contributed by atoms with Crippen LogP contribution >= 0.6 is 0 Å². The number of carbonyl (C=O) groups is 1. The molecule has 0 aromatic heterocycles. The van der Waals surface area contributed by atoms with Crippen molar-refractivity contribution >= 4 is 5.97 Å². The highest BCUT2D eigenvalue weighted by Gasteiger charge is 2.37. The SMILES string of the molecule is C#CC(=O)Oc1cc(C(F)(F)F)cc(C(F)(F)F)c1. The van der Waals surface area contributed by atoms with Gasteiger partial charge in [-0.25, -0.2) is 4.79 Å². The monoisotopic (exact) mass is 282 g/mol. The molecule has 0 aliphatic heterocycles. The molecule has 19 heavy (non-hydrogen) atoms. The third kappa shape index (κ3) is 3.91. The highest BCUT2D eigenvalue weighted by atomic mass is 19.4. The lowest BCUT2D eigenvalue weighted by Crippen LogP contribution is -2.12. The minimum atomic E-state index is -5.02. The van der Waals surface area contributed by atoms with Crippen LogP contribution < -0.4 is 4.74 Å². The summed E-state index contributed by atoms with van der Waals surface area (Å²) in [5.41, 5.74) is -3.19. The van der Waals surface area contributed by atoms with Crippen LogP contribution in [-0.2, 0) is 17.1 Å². The number of hydrogen-bond acceptors (Lipinski definition) is 2. The Labute approximate surface area is 103 Å². The van der Waals surface area contributed by atoms with Gasteiger partial charge >= 0.3 is 18.3 Å². The molecule has 0 saturated heterocycles. The summed E-state index contributed by atoms with van der Waals surface area (Å²) in [6.45, 7) is 0. The number of halogens is 6. The molecular formula is C11H4F6O2. The zero-order chi connectivity index (χ0) is 14.8. The summed E-state index contributed by atoms with van der Waals surface area (Å²) in [6.07, 6.45) is -5.43. The smallest absolute Gasteiger partial charge is 0.416 e. The fourth-order valence-corrected chi connectivity index (χ4v) is 1.12. The molecule has 0 aliphatic rings. The molecule has 0 fully saturated rings. The van der Waals surface area contributed by atoms with Gasteiger partial charge in [-0.1, -0.05) is 0 Å². The van der Waals surface area contributed by atoms with Gasteiger partial charge in [-0.2, -0.15) is 26.3 Å². The van der Waals surface area contributed by atoms with Gasteiger partial charge in [0.1, 0.15) is 5.75 Å². The second-order valence-corrected chi connectivity index (χ2v) is 3.28. The van der Waals surface area contributed by atoms with Gasteiger partial charge in [-0.3, -0.25) is 0 Å². The van der Waals surface area contributed by atoms with E-state index in [2.05, 4.69) is 11.2 Å². The molecule has 0 spiro atoms. The van der Waals surface area contributed by atoms with Crippen LogP contribution in [0.2, 0.25) is 0 Å². The number of hydrogen-bond donors (Lipinski definition) is 0. The van der Waals surface area contributed by atoms with Gasteiger partial charge in [0.05, 0.1) is 11.1 Å². The van der Waals surface area contributed by atoms with Crippen molar-refractivity contribution in [2.24, 2.45) is 0 Å². The van der Waals surface area contributed by atoms with Crippen molar-refractivity contribution in [3.63, 3.8) is 0 Å². The highest BCUT2D eigenvalue weighted by molar-refractivity contribution is 5.89. The first-order valence-electron chi connectivity index (χ1n) is 4.52. The topological polar surface area (TPSA) is 26.3 Å². The van der Waals surface area contributed by atoms with E-state index in [9.17, 15) is 31.1 Å². The van der Waals surface area contributed by atoms with E-state index in [4.69, 9.17) is 0 Å². The number of rotatable bonds is 1. The molecule has 0 N–H and O–H groups in total. The van der Waals surface area contributed by atoms with Crippen molar-refractivity contribution < 1.29 is 35.9 Å².